The van der Waals surface area contributed by atoms with Gasteiger partial charge in [-0.25, -0.2) is 4.39 Å². The van der Waals surface area contributed by atoms with Crippen molar-refractivity contribution in [3.63, 3.8) is 0 Å². The quantitative estimate of drug-likeness (QED) is 0.849. The van der Waals surface area contributed by atoms with Crippen molar-refractivity contribution in [1.82, 2.24) is 0 Å². The lowest BCUT2D eigenvalue weighted by molar-refractivity contribution is -0.930. The van der Waals surface area contributed by atoms with Crippen LogP contribution in [0.25, 0.3) is 0 Å². The second kappa shape index (κ2) is 5.25. The standard InChI is InChI=1S/C17H15FN2O2S/c1-10-12-5-7-23-15(12)4-6-19(10)9-20-14-3-2-11(18)8-13(14)16(21)17(20)22/h2-3,5,7-8,10H,4,6,9H2,1H3/p+1/t10-/m0/s1. The number of halogens is 1. The maximum atomic E-state index is 13.4. The predicted octanol–water partition coefficient (Wildman–Crippen LogP) is 1.58. The number of nitrogens with zero attached hydrogens (tertiary/aromatic N) is 1. The fourth-order valence-electron chi connectivity index (χ4n) is 3.50. The van der Waals surface area contributed by atoms with E-state index in [-0.39, 0.29) is 11.6 Å². The SMILES string of the molecule is C[C@H]1c2ccsc2CC[NH+]1CN1C(=O)C(=O)c2cc(F)ccc21. The van der Waals surface area contributed by atoms with Gasteiger partial charge in [-0.2, -0.15) is 0 Å². The van der Waals surface area contributed by atoms with Crippen molar-refractivity contribution >= 4 is 28.7 Å². The topological polar surface area (TPSA) is 41.8 Å². The maximum absolute atomic E-state index is 13.4. The van der Waals surface area contributed by atoms with Crippen LogP contribution in [0.3, 0.4) is 0 Å². The Morgan fingerprint density at radius 1 is 1.35 bits per heavy atom. The van der Waals surface area contributed by atoms with E-state index in [2.05, 4.69) is 18.4 Å². The molecule has 23 heavy (non-hydrogen) atoms. The highest BCUT2D eigenvalue weighted by atomic mass is 32.1. The van der Waals surface area contributed by atoms with Crippen LogP contribution < -0.4 is 9.80 Å². The average Bonchev–Trinajstić information content (AvgIpc) is 3.10. The first-order valence-corrected chi connectivity index (χ1v) is 8.51. The van der Waals surface area contributed by atoms with E-state index in [0.717, 1.165) is 19.0 Å². The normalized spacial score (nSPS) is 23.1. The lowest BCUT2D eigenvalue weighted by Gasteiger charge is -2.33. The number of quaternary nitrogens is 1. The number of anilines is 1. The van der Waals surface area contributed by atoms with Crippen molar-refractivity contribution in [2.45, 2.75) is 19.4 Å². The lowest BCUT2D eigenvalue weighted by Crippen LogP contribution is -3.14. The Kier molecular flexibility index (Phi) is 3.32. The molecule has 2 atom stereocenters. The molecule has 0 fully saturated rings. The minimum Gasteiger partial charge on any atom is -0.311 e. The summed E-state index contributed by atoms with van der Waals surface area (Å²) in [4.78, 5) is 28.5. The van der Waals surface area contributed by atoms with E-state index in [4.69, 9.17) is 0 Å². The highest BCUT2D eigenvalue weighted by Gasteiger charge is 2.40. The third kappa shape index (κ3) is 2.21. The zero-order valence-corrected chi connectivity index (χ0v) is 13.5. The number of hydrogen-bond donors (Lipinski definition) is 1. The van der Waals surface area contributed by atoms with E-state index in [1.54, 1.807) is 11.3 Å². The van der Waals surface area contributed by atoms with Crippen LogP contribution in [0.1, 0.15) is 33.8 Å². The van der Waals surface area contributed by atoms with Crippen molar-refractivity contribution in [3.8, 4) is 0 Å². The number of ketones is 1. The summed E-state index contributed by atoms with van der Waals surface area (Å²) in [6.45, 7) is 3.50. The number of nitrogens with one attached hydrogen (secondary N) is 1. The third-order valence-electron chi connectivity index (χ3n) is 4.83. The molecule has 6 heteroatoms. The summed E-state index contributed by atoms with van der Waals surface area (Å²) in [5.74, 6) is -1.66. The number of thiophene rings is 1. The Balaban J connectivity index is 1.63. The first-order valence-electron chi connectivity index (χ1n) is 7.63. The Morgan fingerprint density at radius 2 is 2.17 bits per heavy atom. The van der Waals surface area contributed by atoms with Gasteiger partial charge in [-0.1, -0.05) is 0 Å². The summed E-state index contributed by atoms with van der Waals surface area (Å²) in [7, 11) is 0. The van der Waals surface area contributed by atoms with E-state index in [1.165, 1.54) is 32.4 Å². The molecule has 0 bridgehead atoms. The third-order valence-corrected chi connectivity index (χ3v) is 5.82. The molecule has 1 unspecified atom stereocenters. The lowest BCUT2D eigenvalue weighted by atomic mass is 10.0. The van der Waals surface area contributed by atoms with E-state index >= 15 is 0 Å². The highest BCUT2D eigenvalue weighted by molar-refractivity contribution is 7.10. The molecule has 0 saturated heterocycles. The summed E-state index contributed by atoms with van der Waals surface area (Å²) in [5.41, 5.74) is 2.03. The molecule has 118 valence electrons. The molecule has 0 aliphatic carbocycles. The second-order valence-electron chi connectivity index (χ2n) is 6.06. The predicted molar refractivity (Wildman–Crippen MR) is 85.4 cm³/mol. The van der Waals surface area contributed by atoms with Gasteiger partial charge in [0.05, 0.1) is 17.8 Å². The van der Waals surface area contributed by atoms with Gasteiger partial charge in [0.25, 0.3) is 5.78 Å². The molecule has 0 spiro atoms. The molecule has 1 aromatic carbocycles. The van der Waals surface area contributed by atoms with Crippen LogP contribution in [-0.4, -0.2) is 24.9 Å². The summed E-state index contributed by atoms with van der Waals surface area (Å²) in [6.07, 6.45) is 0.985. The number of fused-ring (bicyclic) bond motifs is 2. The molecule has 2 aromatic rings. The van der Waals surface area contributed by atoms with Crippen molar-refractivity contribution in [3.05, 3.63) is 51.5 Å². The first kappa shape index (κ1) is 14.5. The van der Waals surface area contributed by atoms with Crippen molar-refractivity contribution in [2.75, 3.05) is 18.1 Å². The number of Topliss-reactive ketones (excluding diaryl/α,β-unsaturated/α-hetero) is 1. The van der Waals surface area contributed by atoms with Crippen LogP contribution in [0.4, 0.5) is 10.1 Å². The Labute approximate surface area is 137 Å². The van der Waals surface area contributed by atoms with Crippen LogP contribution in [-0.2, 0) is 11.2 Å². The van der Waals surface area contributed by atoms with Gasteiger partial charge >= 0.3 is 5.91 Å². The average molecular weight is 331 g/mol. The summed E-state index contributed by atoms with van der Waals surface area (Å²) >= 11 is 1.78. The fourth-order valence-corrected chi connectivity index (χ4v) is 4.48. The summed E-state index contributed by atoms with van der Waals surface area (Å²) in [6, 6.07) is 6.39. The number of carbonyl (C=O) groups excluding carboxylic acids is 2. The minimum absolute atomic E-state index is 0.176. The molecule has 0 saturated carbocycles. The molecule has 1 amide bonds. The summed E-state index contributed by atoms with van der Waals surface area (Å²) < 4.78 is 13.4. The minimum atomic E-state index is -0.611. The van der Waals surface area contributed by atoms with Gasteiger partial charge in [-0.05, 0) is 36.6 Å². The molecule has 1 aromatic heterocycles. The number of carbonyl (C=O) groups is 2. The van der Waals surface area contributed by atoms with Crippen LogP contribution >= 0.6 is 11.3 Å². The van der Waals surface area contributed by atoms with Crippen LogP contribution in [0.15, 0.2) is 29.6 Å². The monoisotopic (exact) mass is 331 g/mol. The van der Waals surface area contributed by atoms with E-state index in [9.17, 15) is 14.0 Å². The van der Waals surface area contributed by atoms with Gasteiger partial charge in [0.2, 0.25) is 0 Å². The van der Waals surface area contributed by atoms with Crippen molar-refractivity contribution in [1.29, 1.82) is 0 Å². The Hall–Kier alpha value is -2.05. The Morgan fingerprint density at radius 3 is 3.00 bits per heavy atom. The van der Waals surface area contributed by atoms with Crippen LogP contribution in [0, 0.1) is 5.82 Å². The smallest absolute Gasteiger partial charge is 0.303 e. The molecule has 3 heterocycles. The van der Waals surface area contributed by atoms with Gasteiger partial charge in [-0.3, -0.25) is 14.5 Å². The number of hydrogen-bond acceptors (Lipinski definition) is 3. The second-order valence-corrected chi connectivity index (χ2v) is 7.06. The molecule has 4 rings (SSSR count). The molecule has 0 radical (unpaired) electrons. The van der Waals surface area contributed by atoms with Gasteiger partial charge in [0.15, 0.2) is 6.67 Å². The number of benzene rings is 1. The van der Waals surface area contributed by atoms with E-state index in [0.29, 0.717) is 12.4 Å². The summed E-state index contributed by atoms with van der Waals surface area (Å²) in [5, 5.41) is 2.10. The van der Waals surface area contributed by atoms with Crippen molar-refractivity contribution in [2.24, 2.45) is 0 Å². The van der Waals surface area contributed by atoms with Gasteiger partial charge in [0.1, 0.15) is 11.9 Å². The molecule has 4 nitrogen and oxygen atoms in total. The van der Waals surface area contributed by atoms with Crippen LogP contribution in [0.5, 0.6) is 0 Å². The van der Waals surface area contributed by atoms with Crippen LogP contribution in [0.2, 0.25) is 0 Å². The van der Waals surface area contributed by atoms with Gasteiger partial charge < -0.3 is 4.90 Å². The van der Waals surface area contributed by atoms with E-state index in [1.807, 2.05) is 0 Å². The highest BCUT2D eigenvalue weighted by Crippen LogP contribution is 2.29. The molecule has 2 aliphatic heterocycles. The maximum Gasteiger partial charge on any atom is 0.303 e. The molecule has 1 N–H and O–H groups in total. The number of amides is 1. The Bertz CT molecular complexity index is 817. The van der Waals surface area contributed by atoms with Gasteiger partial charge in [-0.15, -0.1) is 11.3 Å². The number of rotatable bonds is 2. The first-order chi connectivity index (χ1) is 11.1. The molecular formula is C17H16FN2O2S+. The van der Waals surface area contributed by atoms with Gasteiger partial charge in [0, 0.05) is 16.9 Å². The van der Waals surface area contributed by atoms with E-state index < -0.39 is 17.5 Å². The molecular weight excluding hydrogens is 315 g/mol. The largest absolute Gasteiger partial charge is 0.311 e. The molecule has 2 aliphatic rings. The fraction of sp³-hybridized carbons (Fsp3) is 0.294. The zero-order valence-electron chi connectivity index (χ0n) is 12.6. The zero-order chi connectivity index (χ0) is 16.1. The van der Waals surface area contributed by atoms with Crippen molar-refractivity contribution < 1.29 is 18.9 Å².